The van der Waals surface area contributed by atoms with Crippen LogP contribution in [0.3, 0.4) is 0 Å². The molecule has 0 unspecified atom stereocenters. The summed E-state index contributed by atoms with van der Waals surface area (Å²) in [5.74, 6) is -0.263. The van der Waals surface area contributed by atoms with E-state index in [1.807, 2.05) is 12.1 Å². The second kappa shape index (κ2) is 5.69. The molecule has 0 saturated carbocycles. The molecule has 1 amide bonds. The van der Waals surface area contributed by atoms with Gasteiger partial charge in [-0.2, -0.15) is 0 Å². The Morgan fingerprint density at radius 2 is 2.33 bits per heavy atom. The van der Waals surface area contributed by atoms with Crippen LogP contribution in [-0.2, 0) is 13.0 Å². The molecule has 5 heteroatoms. The second-order valence-corrected chi connectivity index (χ2v) is 4.10. The maximum atomic E-state index is 11.8. The van der Waals surface area contributed by atoms with E-state index in [1.165, 1.54) is 12.3 Å². The van der Waals surface area contributed by atoms with E-state index >= 15 is 0 Å². The maximum absolute atomic E-state index is 11.8. The lowest BCUT2D eigenvalue weighted by Gasteiger charge is -2.07. The van der Waals surface area contributed by atoms with Crippen molar-refractivity contribution in [3.05, 3.63) is 52.7 Å². The van der Waals surface area contributed by atoms with Crippen LogP contribution in [0, 0.1) is 0 Å². The molecule has 0 aliphatic carbocycles. The van der Waals surface area contributed by atoms with Gasteiger partial charge in [0.2, 0.25) is 5.22 Å². The predicted molar refractivity (Wildman–Crippen MR) is 68.5 cm³/mol. The summed E-state index contributed by atoms with van der Waals surface area (Å²) < 4.78 is 4.87. The third-order valence-electron chi connectivity index (χ3n) is 2.64. The van der Waals surface area contributed by atoms with Gasteiger partial charge in [0, 0.05) is 6.20 Å². The Balaban J connectivity index is 2.04. The van der Waals surface area contributed by atoms with Gasteiger partial charge in [-0.15, -0.1) is 0 Å². The minimum atomic E-state index is -0.263. The van der Waals surface area contributed by atoms with Crippen molar-refractivity contribution in [2.45, 2.75) is 19.9 Å². The molecule has 0 aliphatic heterocycles. The normalized spacial score (nSPS) is 10.3. The van der Waals surface area contributed by atoms with Crippen molar-refractivity contribution >= 4 is 17.5 Å². The Bertz CT molecular complexity index is 551. The molecule has 0 fully saturated rings. The number of amides is 1. The third-order valence-corrected chi connectivity index (χ3v) is 2.94. The summed E-state index contributed by atoms with van der Waals surface area (Å²) >= 11 is 5.73. The fourth-order valence-electron chi connectivity index (χ4n) is 1.67. The SMILES string of the molecule is CCc1cccnc1CNC(=O)c1ccoc1Cl. The first kappa shape index (κ1) is 12.6. The van der Waals surface area contributed by atoms with Crippen LogP contribution in [0.25, 0.3) is 0 Å². The van der Waals surface area contributed by atoms with E-state index in [9.17, 15) is 4.79 Å². The number of nitrogens with zero attached hydrogens (tertiary/aromatic N) is 1. The highest BCUT2D eigenvalue weighted by Crippen LogP contribution is 2.16. The van der Waals surface area contributed by atoms with Crippen LogP contribution >= 0.6 is 11.6 Å². The Morgan fingerprint density at radius 3 is 3.00 bits per heavy atom. The molecular formula is C13H13ClN2O2. The van der Waals surface area contributed by atoms with Crippen molar-refractivity contribution in [1.29, 1.82) is 0 Å². The van der Waals surface area contributed by atoms with E-state index in [2.05, 4.69) is 17.2 Å². The number of hydrogen-bond acceptors (Lipinski definition) is 3. The van der Waals surface area contributed by atoms with E-state index in [0.29, 0.717) is 12.1 Å². The predicted octanol–water partition coefficient (Wildman–Crippen LogP) is 2.82. The van der Waals surface area contributed by atoms with Crippen LogP contribution < -0.4 is 5.32 Å². The molecule has 0 radical (unpaired) electrons. The summed E-state index contributed by atoms with van der Waals surface area (Å²) in [4.78, 5) is 16.1. The number of rotatable bonds is 4. The van der Waals surface area contributed by atoms with Crippen LogP contribution in [0.15, 0.2) is 35.1 Å². The Kier molecular flexibility index (Phi) is 3.99. The average Bonchev–Trinajstić information content (AvgIpc) is 2.82. The summed E-state index contributed by atoms with van der Waals surface area (Å²) in [6.07, 6.45) is 3.98. The van der Waals surface area contributed by atoms with Crippen molar-refractivity contribution in [2.75, 3.05) is 0 Å². The van der Waals surface area contributed by atoms with Crippen molar-refractivity contribution in [2.24, 2.45) is 0 Å². The lowest BCUT2D eigenvalue weighted by atomic mass is 10.1. The summed E-state index contributed by atoms with van der Waals surface area (Å²) in [5.41, 5.74) is 2.33. The number of furan rings is 1. The summed E-state index contributed by atoms with van der Waals surface area (Å²) in [5, 5.41) is 2.87. The number of pyridine rings is 1. The van der Waals surface area contributed by atoms with Crippen molar-refractivity contribution in [1.82, 2.24) is 10.3 Å². The van der Waals surface area contributed by atoms with Gasteiger partial charge in [-0.1, -0.05) is 13.0 Å². The molecule has 0 aromatic carbocycles. The van der Waals surface area contributed by atoms with Crippen molar-refractivity contribution in [3.63, 3.8) is 0 Å². The minimum Gasteiger partial charge on any atom is -0.452 e. The molecule has 0 saturated heterocycles. The average molecular weight is 265 g/mol. The molecule has 2 rings (SSSR count). The smallest absolute Gasteiger partial charge is 0.256 e. The molecule has 2 heterocycles. The van der Waals surface area contributed by atoms with E-state index < -0.39 is 0 Å². The van der Waals surface area contributed by atoms with Crippen molar-refractivity contribution < 1.29 is 9.21 Å². The quantitative estimate of drug-likeness (QED) is 0.924. The van der Waals surface area contributed by atoms with Crippen LogP contribution in [-0.4, -0.2) is 10.9 Å². The van der Waals surface area contributed by atoms with Gasteiger partial charge >= 0.3 is 0 Å². The molecule has 0 bridgehead atoms. The Morgan fingerprint density at radius 1 is 1.50 bits per heavy atom. The number of hydrogen-bond donors (Lipinski definition) is 1. The number of aromatic nitrogens is 1. The van der Waals surface area contributed by atoms with Crippen LogP contribution in [0.4, 0.5) is 0 Å². The number of halogens is 1. The van der Waals surface area contributed by atoms with Crippen LogP contribution in [0.2, 0.25) is 5.22 Å². The maximum Gasteiger partial charge on any atom is 0.256 e. The summed E-state index contributed by atoms with van der Waals surface area (Å²) in [7, 11) is 0. The monoisotopic (exact) mass is 264 g/mol. The first-order chi connectivity index (χ1) is 8.72. The van der Waals surface area contributed by atoms with E-state index in [-0.39, 0.29) is 11.1 Å². The Hall–Kier alpha value is -1.81. The van der Waals surface area contributed by atoms with E-state index in [1.54, 1.807) is 6.20 Å². The van der Waals surface area contributed by atoms with E-state index in [0.717, 1.165) is 17.7 Å². The third kappa shape index (κ3) is 2.71. The first-order valence-corrected chi connectivity index (χ1v) is 6.04. The highest BCUT2D eigenvalue weighted by atomic mass is 35.5. The van der Waals surface area contributed by atoms with Gasteiger partial charge in [0.15, 0.2) is 0 Å². The van der Waals surface area contributed by atoms with Crippen LogP contribution in [0.5, 0.6) is 0 Å². The minimum absolute atomic E-state index is 0.101. The zero-order valence-electron chi connectivity index (χ0n) is 9.94. The summed E-state index contributed by atoms with van der Waals surface area (Å²) in [6.45, 7) is 2.43. The molecule has 2 aromatic heterocycles. The molecule has 94 valence electrons. The lowest BCUT2D eigenvalue weighted by Crippen LogP contribution is -2.23. The van der Waals surface area contributed by atoms with Gasteiger partial charge in [-0.25, -0.2) is 0 Å². The molecule has 4 nitrogen and oxygen atoms in total. The van der Waals surface area contributed by atoms with Crippen molar-refractivity contribution in [3.8, 4) is 0 Å². The molecule has 0 aliphatic rings. The number of nitrogens with one attached hydrogen (secondary N) is 1. The summed E-state index contributed by atoms with van der Waals surface area (Å²) in [6, 6.07) is 5.42. The van der Waals surface area contributed by atoms with Gasteiger partial charge in [0.25, 0.3) is 5.91 Å². The second-order valence-electron chi connectivity index (χ2n) is 3.75. The Labute approximate surface area is 110 Å². The molecule has 2 aromatic rings. The number of aryl methyl sites for hydroxylation is 1. The van der Waals surface area contributed by atoms with Gasteiger partial charge in [-0.05, 0) is 35.7 Å². The molecular weight excluding hydrogens is 252 g/mol. The van der Waals surface area contributed by atoms with Gasteiger partial charge in [0.05, 0.1) is 24.1 Å². The topological polar surface area (TPSA) is 55.1 Å². The number of carbonyl (C=O) groups is 1. The fraction of sp³-hybridized carbons (Fsp3) is 0.231. The standard InChI is InChI=1S/C13H13ClN2O2/c1-2-9-4-3-6-15-11(9)8-16-13(17)10-5-7-18-12(10)14/h3-7H,2,8H2,1H3,(H,16,17). The van der Waals surface area contributed by atoms with Gasteiger partial charge < -0.3 is 9.73 Å². The highest BCUT2D eigenvalue weighted by molar-refractivity contribution is 6.32. The zero-order valence-corrected chi connectivity index (χ0v) is 10.7. The van der Waals surface area contributed by atoms with Gasteiger partial charge in [0.1, 0.15) is 0 Å². The molecule has 18 heavy (non-hydrogen) atoms. The fourth-order valence-corrected chi connectivity index (χ4v) is 1.87. The van der Waals surface area contributed by atoms with E-state index in [4.69, 9.17) is 16.0 Å². The van der Waals surface area contributed by atoms with Crippen LogP contribution in [0.1, 0.15) is 28.5 Å². The molecule has 1 N–H and O–H groups in total. The largest absolute Gasteiger partial charge is 0.452 e. The molecule has 0 spiro atoms. The first-order valence-electron chi connectivity index (χ1n) is 5.66. The number of carbonyl (C=O) groups excluding carboxylic acids is 1. The van der Waals surface area contributed by atoms with Gasteiger partial charge in [-0.3, -0.25) is 9.78 Å². The lowest BCUT2D eigenvalue weighted by molar-refractivity contribution is 0.0950. The molecule has 0 atom stereocenters. The highest BCUT2D eigenvalue weighted by Gasteiger charge is 2.13. The zero-order chi connectivity index (χ0) is 13.0.